The molecule has 0 nitrogen and oxygen atoms in total. The summed E-state index contributed by atoms with van der Waals surface area (Å²) in [4.78, 5) is 0. The predicted molar refractivity (Wildman–Crippen MR) is 50.3 cm³/mol. The quantitative estimate of drug-likeness (QED) is 0.613. The Balaban J connectivity index is 0.00000121. The monoisotopic (exact) mass is 242 g/mol. The van der Waals surface area contributed by atoms with Gasteiger partial charge >= 0.3 is 0 Å². The van der Waals surface area contributed by atoms with E-state index in [2.05, 4.69) is 27.7 Å². The molecule has 0 aromatic rings. The van der Waals surface area contributed by atoms with Gasteiger partial charge < -0.3 is 5.92 Å². The first kappa shape index (κ1) is 13.1. The van der Waals surface area contributed by atoms with E-state index in [1.165, 1.54) is 25.7 Å². The van der Waals surface area contributed by atoms with Gasteiger partial charge in [0, 0.05) is 32.7 Å². The van der Waals surface area contributed by atoms with Crippen molar-refractivity contribution >= 4 is 0 Å². The molecule has 0 amide bonds. The van der Waals surface area contributed by atoms with Gasteiger partial charge in [0.05, 0.1) is 0 Å². The van der Waals surface area contributed by atoms with Gasteiger partial charge in [0.15, 0.2) is 0 Å². The third kappa shape index (κ3) is 3.46. The molecule has 0 aromatic heterocycles. The van der Waals surface area contributed by atoms with Crippen LogP contribution < -0.4 is 0 Å². The maximum atomic E-state index is 2.44. The fourth-order valence-electron chi connectivity index (χ4n) is 2.65. The number of rotatable bonds is 1. The van der Waals surface area contributed by atoms with Crippen LogP contribution in [0.25, 0.3) is 0 Å². The molecule has 1 radical (unpaired) electrons. The van der Waals surface area contributed by atoms with Crippen molar-refractivity contribution in [1.29, 1.82) is 0 Å². The zero-order valence-corrected chi connectivity index (χ0v) is 11.8. The first-order valence-corrected chi connectivity index (χ1v) is 4.87. The second kappa shape index (κ2) is 5.10. The van der Waals surface area contributed by atoms with Crippen LogP contribution in [0.2, 0.25) is 0 Å². The Kier molecular flexibility index (Phi) is 5.57. The van der Waals surface area contributed by atoms with Crippen molar-refractivity contribution < 1.29 is 32.7 Å². The Morgan fingerprint density at radius 2 is 2.08 bits per heavy atom. The normalized spacial score (nSPS) is 37.5. The Morgan fingerprint density at radius 3 is 2.50 bits per heavy atom. The van der Waals surface area contributed by atoms with Crippen LogP contribution in [0, 0.1) is 17.3 Å². The van der Waals surface area contributed by atoms with Crippen LogP contribution >= 0.6 is 0 Å². The molecule has 0 heterocycles. The SMILES string of the molecule is CCC1(C)C[C-](C)CC(C)C1.[Y]. The van der Waals surface area contributed by atoms with E-state index >= 15 is 0 Å². The molecule has 12 heavy (non-hydrogen) atoms. The van der Waals surface area contributed by atoms with Crippen molar-refractivity contribution in [3.63, 3.8) is 0 Å². The zero-order chi connectivity index (χ0) is 8.48. The van der Waals surface area contributed by atoms with Gasteiger partial charge in [-0.1, -0.05) is 44.9 Å². The van der Waals surface area contributed by atoms with Crippen molar-refractivity contribution in [2.24, 2.45) is 11.3 Å². The standard InChI is InChI=1S/C11H21.Y/c1-5-11(4)7-9(2)6-10(3)8-11;/h9H,5-8H2,1-4H3;/q-1;. The molecule has 1 heteroatoms. The predicted octanol–water partition coefficient (Wildman–Crippen LogP) is 3.81. The van der Waals surface area contributed by atoms with Crippen molar-refractivity contribution in [3.8, 4) is 0 Å². The van der Waals surface area contributed by atoms with Gasteiger partial charge in [0.1, 0.15) is 0 Å². The number of hydrogen-bond acceptors (Lipinski definition) is 0. The zero-order valence-electron chi connectivity index (χ0n) is 8.98. The smallest absolute Gasteiger partial charge is 0 e. The van der Waals surface area contributed by atoms with Gasteiger partial charge in [-0.25, -0.2) is 0 Å². The Bertz CT molecular complexity index is 121. The van der Waals surface area contributed by atoms with E-state index < -0.39 is 0 Å². The maximum Gasteiger partial charge on any atom is 0 e. The van der Waals surface area contributed by atoms with E-state index in [-0.39, 0.29) is 32.7 Å². The topological polar surface area (TPSA) is 0 Å². The second-order valence-corrected chi connectivity index (χ2v) is 4.81. The first-order valence-electron chi connectivity index (χ1n) is 4.87. The summed E-state index contributed by atoms with van der Waals surface area (Å²) >= 11 is 0. The van der Waals surface area contributed by atoms with Crippen molar-refractivity contribution in [1.82, 2.24) is 0 Å². The van der Waals surface area contributed by atoms with E-state index in [1.807, 2.05) is 0 Å². The molecule has 1 rings (SSSR count). The van der Waals surface area contributed by atoms with E-state index in [0.717, 1.165) is 5.92 Å². The molecule has 1 saturated carbocycles. The van der Waals surface area contributed by atoms with Crippen LogP contribution in [-0.4, -0.2) is 0 Å². The van der Waals surface area contributed by atoms with Crippen LogP contribution in [0.5, 0.6) is 0 Å². The van der Waals surface area contributed by atoms with Crippen molar-refractivity contribution in [3.05, 3.63) is 5.92 Å². The van der Waals surface area contributed by atoms with Crippen LogP contribution in [0.4, 0.5) is 0 Å². The molecule has 1 aliphatic rings. The maximum absolute atomic E-state index is 2.44. The molecule has 0 N–H and O–H groups in total. The summed E-state index contributed by atoms with van der Waals surface area (Å²) in [7, 11) is 0. The van der Waals surface area contributed by atoms with Crippen LogP contribution in [-0.2, 0) is 32.7 Å². The molecule has 0 aromatic carbocycles. The summed E-state index contributed by atoms with van der Waals surface area (Å²) < 4.78 is 0. The molecule has 0 aliphatic heterocycles. The number of hydrogen-bond donors (Lipinski definition) is 0. The van der Waals surface area contributed by atoms with Crippen LogP contribution in [0.15, 0.2) is 0 Å². The molecule has 2 atom stereocenters. The van der Waals surface area contributed by atoms with E-state index in [4.69, 9.17) is 0 Å². The average Bonchev–Trinajstić information content (AvgIpc) is 1.84. The van der Waals surface area contributed by atoms with E-state index in [1.54, 1.807) is 5.92 Å². The fraction of sp³-hybridized carbons (Fsp3) is 0.909. The molecule has 69 valence electrons. The fourth-order valence-corrected chi connectivity index (χ4v) is 2.65. The molecule has 0 saturated heterocycles. The van der Waals surface area contributed by atoms with Gasteiger partial charge in [0.2, 0.25) is 0 Å². The summed E-state index contributed by atoms with van der Waals surface area (Å²) in [6.45, 7) is 9.47. The van der Waals surface area contributed by atoms with Crippen molar-refractivity contribution in [2.75, 3.05) is 0 Å². The molecular weight excluding hydrogens is 221 g/mol. The Morgan fingerprint density at radius 1 is 1.50 bits per heavy atom. The van der Waals surface area contributed by atoms with Crippen LogP contribution in [0.3, 0.4) is 0 Å². The molecule has 1 aliphatic carbocycles. The van der Waals surface area contributed by atoms with Gasteiger partial charge in [-0.2, -0.15) is 19.8 Å². The molecule has 0 bridgehead atoms. The molecular formula is C11H21Y-. The first-order chi connectivity index (χ1) is 5.06. The summed E-state index contributed by atoms with van der Waals surface area (Å²) in [5.74, 6) is 2.64. The summed E-state index contributed by atoms with van der Waals surface area (Å²) in [6, 6.07) is 0. The Labute approximate surface area is 103 Å². The second-order valence-electron chi connectivity index (χ2n) is 4.81. The van der Waals surface area contributed by atoms with Gasteiger partial charge in [0.25, 0.3) is 0 Å². The van der Waals surface area contributed by atoms with Gasteiger partial charge in [-0.15, -0.1) is 0 Å². The third-order valence-corrected chi connectivity index (χ3v) is 3.12. The van der Waals surface area contributed by atoms with E-state index in [0.29, 0.717) is 5.41 Å². The summed E-state index contributed by atoms with van der Waals surface area (Å²) in [5.41, 5.74) is 0.627. The summed E-state index contributed by atoms with van der Waals surface area (Å²) in [6.07, 6.45) is 5.51. The largest absolute Gasteiger partial charge is 0.316 e. The van der Waals surface area contributed by atoms with E-state index in [9.17, 15) is 0 Å². The summed E-state index contributed by atoms with van der Waals surface area (Å²) in [5, 5.41) is 0. The van der Waals surface area contributed by atoms with Crippen LogP contribution in [0.1, 0.15) is 53.4 Å². The molecule has 0 spiro atoms. The van der Waals surface area contributed by atoms with Gasteiger partial charge in [-0.05, 0) is 0 Å². The third-order valence-electron chi connectivity index (χ3n) is 3.12. The van der Waals surface area contributed by atoms with Crippen molar-refractivity contribution in [2.45, 2.75) is 53.4 Å². The molecule has 1 fully saturated rings. The molecule has 2 unspecified atom stereocenters. The minimum absolute atomic E-state index is 0. The minimum Gasteiger partial charge on any atom is -0.316 e. The Hall–Kier alpha value is 1.10. The minimum atomic E-state index is 0. The average molecular weight is 242 g/mol. The van der Waals surface area contributed by atoms with Gasteiger partial charge in [-0.3, -0.25) is 0 Å².